The Hall–Kier alpha value is -3.26. The molecule has 0 radical (unpaired) electrons. The summed E-state index contributed by atoms with van der Waals surface area (Å²) in [6.07, 6.45) is 4.57. The van der Waals surface area contributed by atoms with Crippen molar-refractivity contribution >= 4 is 25.9 Å². The first-order valence-electron chi connectivity index (χ1n) is 12.7. The third-order valence-corrected chi connectivity index (χ3v) is 12.9. The van der Waals surface area contributed by atoms with E-state index in [1.165, 1.54) is 6.08 Å². The second kappa shape index (κ2) is 8.38. The van der Waals surface area contributed by atoms with Crippen LogP contribution in [0.3, 0.4) is 0 Å². The molecule has 37 heavy (non-hydrogen) atoms. The summed E-state index contributed by atoms with van der Waals surface area (Å²) in [7, 11) is -2.16. The molecule has 6 nitrogen and oxygen atoms in total. The van der Waals surface area contributed by atoms with Crippen LogP contribution < -0.4 is 9.33 Å². The first-order valence-corrected chi connectivity index (χ1v) is 15.6. The van der Waals surface area contributed by atoms with Crippen LogP contribution in [-0.4, -0.2) is 38.4 Å². The zero-order valence-electron chi connectivity index (χ0n) is 22.3. The van der Waals surface area contributed by atoms with E-state index in [1.807, 2.05) is 25.1 Å². The molecule has 1 saturated carbocycles. The van der Waals surface area contributed by atoms with Crippen molar-refractivity contribution in [1.29, 1.82) is 0 Å². The SMILES string of the molecule is C=CCOC(=O)N1c2ccc(O[Si](C)(C)C(C)(C)C)cc2[C@@]23O[C@@]24[C@@H]1C#C/C=C\C#C[C@H]3C(=O)C[C@@H]4C. The lowest BCUT2D eigenvalue weighted by molar-refractivity contribution is -0.125. The van der Waals surface area contributed by atoms with Gasteiger partial charge in [0, 0.05) is 12.0 Å². The molecular formula is C30H33NO5Si. The zero-order chi connectivity index (χ0) is 26.8. The van der Waals surface area contributed by atoms with Gasteiger partial charge in [0.05, 0.1) is 5.69 Å². The average Bonchev–Trinajstić information content (AvgIpc) is 3.54. The predicted octanol–water partition coefficient (Wildman–Crippen LogP) is 5.35. The number of rotatable bonds is 4. The summed E-state index contributed by atoms with van der Waals surface area (Å²) >= 11 is 0. The van der Waals surface area contributed by atoms with Gasteiger partial charge < -0.3 is 13.9 Å². The summed E-state index contributed by atoms with van der Waals surface area (Å²) in [5, 5.41) is -0.00505. The highest BCUT2D eigenvalue weighted by Gasteiger charge is 2.85. The topological polar surface area (TPSA) is 68.4 Å². The van der Waals surface area contributed by atoms with Gasteiger partial charge in [0.15, 0.2) is 5.78 Å². The zero-order valence-corrected chi connectivity index (χ0v) is 23.3. The van der Waals surface area contributed by atoms with E-state index >= 15 is 0 Å². The molecule has 1 amide bonds. The van der Waals surface area contributed by atoms with Gasteiger partial charge in [0.2, 0.25) is 8.32 Å². The van der Waals surface area contributed by atoms with Gasteiger partial charge in [0.1, 0.15) is 35.5 Å². The van der Waals surface area contributed by atoms with Gasteiger partial charge >= 0.3 is 6.09 Å². The number of carbonyl (C=O) groups is 2. The maximum atomic E-state index is 13.5. The van der Waals surface area contributed by atoms with Gasteiger partial charge in [-0.3, -0.25) is 9.69 Å². The van der Waals surface area contributed by atoms with Crippen molar-refractivity contribution in [3.05, 3.63) is 48.6 Å². The molecule has 4 aliphatic rings. The van der Waals surface area contributed by atoms with E-state index in [-0.39, 0.29) is 23.3 Å². The highest BCUT2D eigenvalue weighted by Crippen LogP contribution is 2.73. The van der Waals surface area contributed by atoms with Crippen molar-refractivity contribution in [2.75, 3.05) is 11.5 Å². The van der Waals surface area contributed by atoms with E-state index in [1.54, 1.807) is 17.1 Å². The summed E-state index contributed by atoms with van der Waals surface area (Å²) < 4.78 is 18.9. The fourth-order valence-electron chi connectivity index (χ4n) is 5.70. The number of hydrogen-bond acceptors (Lipinski definition) is 5. The lowest BCUT2D eigenvalue weighted by Gasteiger charge is -2.45. The van der Waals surface area contributed by atoms with Gasteiger partial charge in [-0.15, -0.1) is 0 Å². The third-order valence-electron chi connectivity index (χ3n) is 8.53. The molecule has 0 spiro atoms. The minimum absolute atomic E-state index is 0.00505. The number of Topliss-reactive ketones (excluding diaryl/α,β-unsaturated/α-hetero) is 1. The van der Waals surface area contributed by atoms with E-state index in [9.17, 15) is 9.59 Å². The fourth-order valence-corrected chi connectivity index (χ4v) is 6.73. The Morgan fingerprint density at radius 1 is 1.27 bits per heavy atom. The quantitative estimate of drug-likeness (QED) is 0.234. The van der Waals surface area contributed by atoms with Crippen LogP contribution in [0.2, 0.25) is 18.1 Å². The summed E-state index contributed by atoms with van der Waals surface area (Å²) in [4.78, 5) is 28.5. The fraction of sp³-hybridized carbons (Fsp3) is 0.467. The van der Waals surface area contributed by atoms with Crippen LogP contribution in [0.15, 0.2) is 43.0 Å². The van der Waals surface area contributed by atoms with Crippen molar-refractivity contribution in [1.82, 2.24) is 0 Å². The first kappa shape index (κ1) is 25.4. The molecule has 2 aliphatic carbocycles. The number of amides is 1. The molecule has 4 bridgehead atoms. The smallest absolute Gasteiger partial charge is 0.415 e. The van der Waals surface area contributed by atoms with Crippen LogP contribution in [0.4, 0.5) is 10.5 Å². The third kappa shape index (κ3) is 3.52. The first-order chi connectivity index (χ1) is 17.4. The Balaban J connectivity index is 1.75. The standard InChI is InChI=1S/C30H33NO5Si/c1-8-17-34-27(33)31-24-16-15-21(35-37(6,7)28(3,4)5)19-23(24)30-22-13-11-9-10-12-14-26(31)29(30,36-30)20(2)18-25(22)32/h8-10,15-16,19-20,22,26H,1,17-18H2,2-7H3/b10-9-/t20-,22-,26-,29-,30+/m0/s1. The van der Waals surface area contributed by atoms with E-state index < -0.39 is 37.6 Å². The number of ketones is 1. The Bertz CT molecular complexity index is 1350. The number of allylic oxidation sites excluding steroid dienone is 2. The molecule has 0 N–H and O–H groups in total. The summed E-state index contributed by atoms with van der Waals surface area (Å²) in [5.41, 5.74) is -0.589. The second-order valence-electron chi connectivity index (χ2n) is 11.7. The van der Waals surface area contributed by atoms with Crippen LogP contribution in [-0.2, 0) is 19.9 Å². The maximum Gasteiger partial charge on any atom is 0.415 e. The summed E-state index contributed by atoms with van der Waals surface area (Å²) in [5.74, 6) is 12.3. The normalized spacial score (nSPS) is 31.8. The number of nitrogens with zero attached hydrogens (tertiary/aromatic N) is 1. The minimum atomic E-state index is -2.16. The predicted molar refractivity (Wildman–Crippen MR) is 145 cm³/mol. The maximum absolute atomic E-state index is 13.5. The van der Waals surface area contributed by atoms with E-state index in [4.69, 9.17) is 13.9 Å². The molecule has 0 unspecified atom stereocenters. The number of benzene rings is 1. The molecule has 2 fully saturated rings. The molecule has 1 aromatic carbocycles. The van der Waals surface area contributed by atoms with Crippen LogP contribution in [0, 0.1) is 35.5 Å². The Kier molecular flexibility index (Phi) is 5.75. The molecular weight excluding hydrogens is 482 g/mol. The van der Waals surface area contributed by atoms with Gasteiger partial charge in [0.25, 0.3) is 0 Å². The lowest BCUT2D eigenvalue weighted by Crippen LogP contribution is -2.61. The Labute approximate surface area is 220 Å². The molecule has 2 heterocycles. The van der Waals surface area contributed by atoms with Crippen molar-refractivity contribution in [2.45, 2.75) is 69.5 Å². The number of ether oxygens (including phenoxy) is 2. The van der Waals surface area contributed by atoms with Crippen molar-refractivity contribution in [3.63, 3.8) is 0 Å². The number of anilines is 1. The van der Waals surface area contributed by atoms with Crippen LogP contribution in [0.25, 0.3) is 0 Å². The number of hydrogen-bond donors (Lipinski definition) is 0. The van der Waals surface area contributed by atoms with Crippen LogP contribution >= 0.6 is 0 Å². The molecule has 7 heteroatoms. The highest BCUT2D eigenvalue weighted by atomic mass is 28.4. The minimum Gasteiger partial charge on any atom is -0.543 e. The number of carbonyl (C=O) groups excluding carboxylic acids is 2. The van der Waals surface area contributed by atoms with Crippen molar-refractivity contribution in [2.24, 2.45) is 11.8 Å². The summed E-state index contributed by atoms with van der Waals surface area (Å²) in [6, 6.07) is 5.03. The highest BCUT2D eigenvalue weighted by molar-refractivity contribution is 6.74. The molecule has 5 atom stereocenters. The molecule has 1 saturated heterocycles. The monoisotopic (exact) mass is 515 g/mol. The molecule has 192 valence electrons. The van der Waals surface area contributed by atoms with Gasteiger partial charge in [-0.1, -0.05) is 64.0 Å². The van der Waals surface area contributed by atoms with Crippen molar-refractivity contribution < 1.29 is 23.5 Å². The molecule has 1 aromatic rings. The Morgan fingerprint density at radius 2 is 1.97 bits per heavy atom. The van der Waals surface area contributed by atoms with Gasteiger partial charge in [-0.05, 0) is 54.4 Å². The molecule has 5 rings (SSSR count). The number of epoxide rings is 1. The van der Waals surface area contributed by atoms with E-state index in [0.717, 1.165) is 5.56 Å². The molecule has 2 aliphatic heterocycles. The van der Waals surface area contributed by atoms with Crippen LogP contribution in [0.5, 0.6) is 5.75 Å². The number of fused-ring (bicyclic) bond motifs is 1. The lowest BCUT2D eigenvalue weighted by atomic mass is 9.59. The molecule has 0 aromatic heterocycles. The largest absolute Gasteiger partial charge is 0.543 e. The van der Waals surface area contributed by atoms with E-state index in [0.29, 0.717) is 17.9 Å². The average molecular weight is 516 g/mol. The van der Waals surface area contributed by atoms with E-state index in [2.05, 4.69) is 64.1 Å². The van der Waals surface area contributed by atoms with Crippen molar-refractivity contribution in [3.8, 4) is 29.4 Å². The van der Waals surface area contributed by atoms with Crippen LogP contribution in [0.1, 0.15) is 39.7 Å². The van der Waals surface area contributed by atoms with Gasteiger partial charge in [-0.2, -0.15) is 0 Å². The summed E-state index contributed by atoms with van der Waals surface area (Å²) in [6.45, 7) is 16.7. The second-order valence-corrected chi connectivity index (χ2v) is 16.5. The Morgan fingerprint density at radius 3 is 2.65 bits per heavy atom. The van der Waals surface area contributed by atoms with Gasteiger partial charge in [-0.25, -0.2) is 4.79 Å².